The van der Waals surface area contributed by atoms with Crippen molar-refractivity contribution in [3.8, 4) is 0 Å². The van der Waals surface area contributed by atoms with Crippen molar-refractivity contribution in [3.63, 3.8) is 0 Å². The van der Waals surface area contributed by atoms with Crippen molar-refractivity contribution in [2.24, 2.45) is 5.92 Å². The molecule has 0 bridgehead atoms. The summed E-state index contributed by atoms with van der Waals surface area (Å²) in [6, 6.07) is 0. The Morgan fingerprint density at radius 2 is 1.94 bits per heavy atom. The standard InChI is InChI=1S/C14H26N2O2/c1-4-5-6-13(17)11-15-7-9-16(10-8-15)14(18)12(2)3/h4,12-13,17H,1,5-11H2,2-3H3/t13-/m1/s1. The van der Waals surface area contributed by atoms with Crippen LogP contribution >= 0.6 is 0 Å². The van der Waals surface area contributed by atoms with E-state index in [0.29, 0.717) is 6.54 Å². The van der Waals surface area contributed by atoms with Gasteiger partial charge >= 0.3 is 0 Å². The summed E-state index contributed by atoms with van der Waals surface area (Å²) < 4.78 is 0. The van der Waals surface area contributed by atoms with E-state index in [1.165, 1.54) is 0 Å². The van der Waals surface area contributed by atoms with E-state index in [2.05, 4.69) is 11.5 Å². The van der Waals surface area contributed by atoms with Gasteiger partial charge in [-0.1, -0.05) is 19.9 Å². The topological polar surface area (TPSA) is 43.8 Å². The molecule has 4 heteroatoms. The summed E-state index contributed by atoms with van der Waals surface area (Å²) in [5.74, 6) is 0.316. The number of carbonyl (C=O) groups excluding carboxylic acids is 1. The molecule has 0 unspecified atom stereocenters. The number of allylic oxidation sites excluding steroid dienone is 1. The summed E-state index contributed by atoms with van der Waals surface area (Å²) in [7, 11) is 0. The van der Waals surface area contributed by atoms with Gasteiger partial charge in [-0.25, -0.2) is 0 Å². The number of β-amino-alcohol motifs (C(OH)–C–C–N with tert-alkyl or cyclic N) is 1. The summed E-state index contributed by atoms with van der Waals surface area (Å²) in [6.07, 6.45) is 3.18. The van der Waals surface area contributed by atoms with Gasteiger partial charge in [-0.2, -0.15) is 0 Å². The first kappa shape index (κ1) is 15.2. The molecule has 0 saturated carbocycles. The average molecular weight is 254 g/mol. The molecule has 0 aromatic carbocycles. The van der Waals surface area contributed by atoms with Crippen LogP contribution in [0.5, 0.6) is 0 Å². The Morgan fingerprint density at radius 1 is 1.33 bits per heavy atom. The predicted octanol–water partition coefficient (Wildman–Crippen LogP) is 1.11. The van der Waals surface area contributed by atoms with Gasteiger partial charge in [-0.05, 0) is 12.8 Å². The Kier molecular flexibility index (Phi) is 6.36. The smallest absolute Gasteiger partial charge is 0.225 e. The molecule has 4 nitrogen and oxygen atoms in total. The maximum Gasteiger partial charge on any atom is 0.225 e. The van der Waals surface area contributed by atoms with Crippen LogP contribution in [-0.4, -0.2) is 59.6 Å². The van der Waals surface area contributed by atoms with Gasteiger partial charge in [-0.15, -0.1) is 6.58 Å². The molecule has 0 radical (unpaired) electrons. The average Bonchev–Trinajstić information content (AvgIpc) is 2.36. The first-order chi connectivity index (χ1) is 8.54. The molecule has 1 aliphatic rings. The number of nitrogens with zero attached hydrogens (tertiary/aromatic N) is 2. The Hall–Kier alpha value is -0.870. The molecule has 1 rings (SSSR count). The third kappa shape index (κ3) is 4.78. The van der Waals surface area contributed by atoms with Crippen LogP contribution in [0.15, 0.2) is 12.7 Å². The minimum Gasteiger partial charge on any atom is -0.392 e. The van der Waals surface area contributed by atoms with Gasteiger partial charge in [0.05, 0.1) is 6.10 Å². The zero-order valence-corrected chi connectivity index (χ0v) is 11.6. The molecule has 1 atom stereocenters. The lowest BCUT2D eigenvalue weighted by atomic mass is 10.1. The second-order valence-electron chi connectivity index (χ2n) is 5.30. The quantitative estimate of drug-likeness (QED) is 0.722. The first-order valence-corrected chi connectivity index (χ1v) is 6.84. The molecule has 1 saturated heterocycles. The molecule has 1 heterocycles. The van der Waals surface area contributed by atoms with E-state index >= 15 is 0 Å². The lowest BCUT2D eigenvalue weighted by Crippen LogP contribution is -2.51. The van der Waals surface area contributed by atoms with Crippen LogP contribution in [0.2, 0.25) is 0 Å². The first-order valence-electron chi connectivity index (χ1n) is 6.84. The Labute approximate surface area is 110 Å². The molecule has 0 aromatic heterocycles. The number of aliphatic hydroxyl groups is 1. The number of rotatable bonds is 6. The van der Waals surface area contributed by atoms with E-state index in [-0.39, 0.29) is 17.9 Å². The third-order valence-electron chi connectivity index (χ3n) is 3.35. The summed E-state index contributed by atoms with van der Waals surface area (Å²) in [4.78, 5) is 16.0. The van der Waals surface area contributed by atoms with E-state index in [1.807, 2.05) is 24.8 Å². The number of amides is 1. The van der Waals surface area contributed by atoms with Crippen LogP contribution < -0.4 is 0 Å². The zero-order chi connectivity index (χ0) is 13.5. The lowest BCUT2D eigenvalue weighted by molar-refractivity contribution is -0.136. The Morgan fingerprint density at radius 3 is 2.44 bits per heavy atom. The number of hydrogen-bond donors (Lipinski definition) is 1. The Balaban J connectivity index is 2.26. The molecule has 0 spiro atoms. The van der Waals surface area contributed by atoms with Gasteiger partial charge in [0.1, 0.15) is 0 Å². The highest BCUT2D eigenvalue weighted by molar-refractivity contribution is 5.78. The maximum atomic E-state index is 11.8. The molecule has 18 heavy (non-hydrogen) atoms. The molecular formula is C14H26N2O2. The molecule has 1 N–H and O–H groups in total. The number of piperazine rings is 1. The lowest BCUT2D eigenvalue weighted by Gasteiger charge is -2.36. The summed E-state index contributed by atoms with van der Waals surface area (Å²) >= 11 is 0. The van der Waals surface area contributed by atoms with E-state index in [4.69, 9.17) is 0 Å². The van der Waals surface area contributed by atoms with Crippen molar-refractivity contribution >= 4 is 5.91 Å². The van der Waals surface area contributed by atoms with Crippen molar-refractivity contribution in [3.05, 3.63) is 12.7 Å². The van der Waals surface area contributed by atoms with Crippen molar-refractivity contribution < 1.29 is 9.90 Å². The highest BCUT2D eigenvalue weighted by atomic mass is 16.3. The summed E-state index contributed by atoms with van der Waals surface area (Å²) in [5.41, 5.74) is 0. The van der Waals surface area contributed by atoms with Gasteiger partial charge in [0.15, 0.2) is 0 Å². The monoisotopic (exact) mass is 254 g/mol. The number of aliphatic hydroxyl groups excluding tert-OH is 1. The highest BCUT2D eigenvalue weighted by Gasteiger charge is 2.23. The van der Waals surface area contributed by atoms with Crippen LogP contribution in [0.1, 0.15) is 26.7 Å². The highest BCUT2D eigenvalue weighted by Crippen LogP contribution is 2.08. The molecule has 1 aliphatic heterocycles. The van der Waals surface area contributed by atoms with Crippen molar-refractivity contribution in [1.82, 2.24) is 9.80 Å². The third-order valence-corrected chi connectivity index (χ3v) is 3.35. The van der Waals surface area contributed by atoms with E-state index < -0.39 is 0 Å². The van der Waals surface area contributed by atoms with E-state index in [1.54, 1.807) is 0 Å². The SMILES string of the molecule is C=CCC[C@@H](O)CN1CCN(C(=O)C(C)C)CC1. The fourth-order valence-corrected chi connectivity index (χ4v) is 2.22. The van der Waals surface area contributed by atoms with Crippen LogP contribution in [0.25, 0.3) is 0 Å². The normalized spacial score (nSPS) is 19.0. The van der Waals surface area contributed by atoms with Crippen molar-refractivity contribution in [1.29, 1.82) is 0 Å². The van der Waals surface area contributed by atoms with Gasteiger partial charge in [0.25, 0.3) is 0 Å². The minimum atomic E-state index is -0.282. The molecule has 1 amide bonds. The molecular weight excluding hydrogens is 228 g/mol. The summed E-state index contributed by atoms with van der Waals surface area (Å²) in [6.45, 7) is 11.5. The van der Waals surface area contributed by atoms with Crippen molar-refractivity contribution in [2.45, 2.75) is 32.8 Å². The van der Waals surface area contributed by atoms with Crippen LogP contribution in [-0.2, 0) is 4.79 Å². The van der Waals surface area contributed by atoms with E-state index in [0.717, 1.165) is 39.0 Å². The largest absolute Gasteiger partial charge is 0.392 e. The van der Waals surface area contributed by atoms with Gasteiger partial charge in [-0.3, -0.25) is 9.69 Å². The van der Waals surface area contributed by atoms with Crippen LogP contribution in [0.3, 0.4) is 0 Å². The molecule has 0 aliphatic carbocycles. The van der Waals surface area contributed by atoms with Gasteiger partial charge in [0, 0.05) is 38.6 Å². The molecule has 0 aromatic rings. The number of hydrogen-bond acceptors (Lipinski definition) is 3. The fraction of sp³-hybridized carbons (Fsp3) is 0.786. The fourth-order valence-electron chi connectivity index (χ4n) is 2.22. The predicted molar refractivity (Wildman–Crippen MR) is 73.3 cm³/mol. The minimum absolute atomic E-state index is 0.0785. The number of carbonyl (C=O) groups is 1. The van der Waals surface area contributed by atoms with Crippen LogP contribution in [0.4, 0.5) is 0 Å². The second-order valence-corrected chi connectivity index (χ2v) is 5.30. The Bertz CT molecular complexity index is 271. The van der Waals surface area contributed by atoms with Gasteiger partial charge < -0.3 is 10.0 Å². The van der Waals surface area contributed by atoms with Gasteiger partial charge in [0.2, 0.25) is 5.91 Å². The molecule has 104 valence electrons. The summed E-state index contributed by atoms with van der Waals surface area (Å²) in [5, 5.41) is 9.83. The van der Waals surface area contributed by atoms with Crippen LogP contribution in [0, 0.1) is 5.92 Å². The second kappa shape index (κ2) is 7.54. The van der Waals surface area contributed by atoms with Crippen molar-refractivity contribution in [2.75, 3.05) is 32.7 Å². The maximum absolute atomic E-state index is 11.8. The van der Waals surface area contributed by atoms with E-state index in [9.17, 15) is 9.90 Å². The zero-order valence-electron chi connectivity index (χ0n) is 11.6. The molecule has 1 fully saturated rings.